The molecule has 1 amide bonds. The summed E-state index contributed by atoms with van der Waals surface area (Å²) in [4.78, 5) is 21.5. The molecule has 35 heavy (non-hydrogen) atoms. The maximum absolute atomic E-state index is 14.5. The van der Waals surface area contributed by atoms with E-state index < -0.39 is 35.7 Å². The minimum atomic E-state index is -1.02. The Morgan fingerprint density at radius 1 is 1.34 bits per heavy atom. The molecule has 0 radical (unpaired) electrons. The summed E-state index contributed by atoms with van der Waals surface area (Å²) >= 11 is 0. The number of rotatable bonds is 8. The van der Waals surface area contributed by atoms with Crippen molar-refractivity contribution in [2.45, 2.75) is 19.4 Å². The molecule has 0 unspecified atom stereocenters. The van der Waals surface area contributed by atoms with E-state index in [0.29, 0.717) is 22.6 Å². The Balaban J connectivity index is 1.51. The van der Waals surface area contributed by atoms with Gasteiger partial charge in [0.15, 0.2) is 18.6 Å². The van der Waals surface area contributed by atoms with E-state index >= 15 is 0 Å². The first-order chi connectivity index (χ1) is 18.2. The van der Waals surface area contributed by atoms with Crippen LogP contribution in [0.2, 0.25) is 1.41 Å². The van der Waals surface area contributed by atoms with Gasteiger partial charge in [-0.1, -0.05) is 0 Å². The third-order valence-electron chi connectivity index (χ3n) is 5.42. The van der Waals surface area contributed by atoms with Gasteiger partial charge in [0.1, 0.15) is 11.4 Å². The second-order valence-corrected chi connectivity index (χ2v) is 8.05. The number of halogens is 2. The summed E-state index contributed by atoms with van der Waals surface area (Å²) < 4.78 is 66.1. The Hall–Kier alpha value is -4.28. The molecule has 3 aromatic heterocycles. The summed E-state index contributed by atoms with van der Waals surface area (Å²) in [6.07, 6.45) is 3.08. The lowest BCUT2D eigenvalue weighted by atomic mass is 10.1. The number of nitrogen functional groups attached to an aromatic ring is 1. The van der Waals surface area contributed by atoms with Crippen LogP contribution >= 0.6 is 0 Å². The zero-order chi connectivity index (χ0) is 27.1. The second kappa shape index (κ2) is 9.16. The van der Waals surface area contributed by atoms with Gasteiger partial charge in [-0.05, 0) is 48.6 Å². The lowest BCUT2D eigenvalue weighted by Gasteiger charge is -2.14. The predicted molar refractivity (Wildman–Crippen MR) is 123 cm³/mol. The Morgan fingerprint density at radius 2 is 2.17 bits per heavy atom. The number of benzene rings is 1. The van der Waals surface area contributed by atoms with Crippen molar-refractivity contribution >= 4 is 17.5 Å². The summed E-state index contributed by atoms with van der Waals surface area (Å²) in [6, 6.07) is 4.32. The molecule has 1 saturated carbocycles. The topological polar surface area (TPSA) is 117 Å². The van der Waals surface area contributed by atoms with Crippen molar-refractivity contribution in [2.24, 2.45) is 5.92 Å². The zero-order valence-electron chi connectivity index (χ0n) is 21.6. The van der Waals surface area contributed by atoms with Crippen LogP contribution in [0, 0.1) is 17.6 Å². The van der Waals surface area contributed by atoms with Crippen molar-refractivity contribution in [3.63, 3.8) is 0 Å². The summed E-state index contributed by atoms with van der Waals surface area (Å²) in [7, 11) is 1.21. The molecule has 0 saturated heterocycles. The van der Waals surface area contributed by atoms with Crippen LogP contribution in [0.15, 0.2) is 42.7 Å². The molecule has 11 heteroatoms. The third-order valence-corrected chi connectivity index (χ3v) is 5.42. The molecule has 1 aliphatic rings. The number of aromatic nitrogens is 4. The summed E-state index contributed by atoms with van der Waals surface area (Å²) in [5.41, 5.74) is 5.85. The molecule has 3 N–H and O–H groups in total. The number of pyridine rings is 2. The number of carbonyl (C=O) groups excluding carboxylic acids is 1. The minimum absolute atomic E-state index is 0.0168. The van der Waals surface area contributed by atoms with Gasteiger partial charge in [0.2, 0.25) is 11.8 Å². The fraction of sp³-hybridized carbons (Fsp3) is 0.250. The summed E-state index contributed by atoms with van der Waals surface area (Å²) in [5, 5.41) is 4.42. The largest absolute Gasteiger partial charge is 0.490 e. The van der Waals surface area contributed by atoms with Gasteiger partial charge in [0.25, 0.3) is 5.91 Å². The fourth-order valence-corrected chi connectivity index (χ4v) is 3.47. The molecule has 0 aliphatic heterocycles. The van der Waals surface area contributed by atoms with Crippen LogP contribution in [0.3, 0.4) is 0 Å². The first-order valence-corrected chi connectivity index (χ1v) is 10.7. The first kappa shape index (κ1) is 19.1. The fourth-order valence-electron chi connectivity index (χ4n) is 3.47. The van der Waals surface area contributed by atoms with Crippen LogP contribution < -0.4 is 20.5 Å². The number of hydrogen-bond acceptors (Lipinski definition) is 7. The van der Waals surface area contributed by atoms with Crippen LogP contribution in [0.1, 0.15) is 31.5 Å². The highest BCUT2D eigenvalue weighted by Gasteiger charge is 2.24. The van der Waals surface area contributed by atoms with Crippen molar-refractivity contribution < 1.29 is 27.2 Å². The predicted octanol–water partition coefficient (Wildman–Crippen LogP) is 3.38. The van der Waals surface area contributed by atoms with Gasteiger partial charge in [-0.2, -0.15) is 4.98 Å². The molecule has 1 fully saturated rings. The number of nitrogens with two attached hydrogens (primary N) is 1. The molecule has 4 aromatic rings. The standard InChI is InChI=1S/C24H22F2N6O3/c1-34-23-18(7-15(10-29-23)14-4-5-32-20(8-14)30-24(27)31-32)22(33)28-11-16-6-17(25)9-19(26)21(16)35-12-13-2-3-13/h4-10,13H,2-3,11-12H2,1H3,(H2,27,31)(H,28,33)/i7D,10D/hD. The maximum Gasteiger partial charge on any atom is 0.257 e. The molecule has 5 rings (SSSR count). The first-order valence-electron chi connectivity index (χ1n) is 12.2. The van der Waals surface area contributed by atoms with Crippen molar-refractivity contribution in [2.75, 3.05) is 19.5 Å². The van der Waals surface area contributed by atoms with E-state index in [1.165, 1.54) is 23.9 Å². The molecule has 0 spiro atoms. The number of fused-ring (bicyclic) bond motifs is 1. The van der Waals surface area contributed by atoms with Crippen molar-refractivity contribution in [3.8, 4) is 22.8 Å². The SMILES string of the molecule is [2H]c1nc(OC)c(C(=O)N([2H])Cc2cc(F)cc(F)c2OCC2CC2)c([2H])c1-c1ccn2nc(N)nc2c1. The van der Waals surface area contributed by atoms with Crippen LogP contribution in [-0.4, -0.2) is 39.2 Å². The summed E-state index contributed by atoms with van der Waals surface area (Å²) in [6.45, 7) is -0.300. The number of carbonyl (C=O) groups is 1. The van der Waals surface area contributed by atoms with Crippen LogP contribution in [0.25, 0.3) is 16.8 Å². The van der Waals surface area contributed by atoms with E-state index in [4.69, 9.17) is 19.4 Å². The molecule has 1 aromatic carbocycles. The van der Waals surface area contributed by atoms with E-state index in [1.807, 2.05) is 0 Å². The third kappa shape index (κ3) is 4.84. The highest BCUT2D eigenvalue weighted by atomic mass is 19.1. The van der Waals surface area contributed by atoms with Crippen LogP contribution in [0.4, 0.5) is 14.7 Å². The highest BCUT2D eigenvalue weighted by molar-refractivity contribution is 5.97. The van der Waals surface area contributed by atoms with Gasteiger partial charge in [-0.15, -0.1) is 5.10 Å². The molecular formula is C24H22F2N6O3. The maximum atomic E-state index is 14.5. The van der Waals surface area contributed by atoms with Gasteiger partial charge in [-0.25, -0.2) is 18.3 Å². The van der Waals surface area contributed by atoms with E-state index in [0.717, 1.165) is 18.9 Å². The van der Waals surface area contributed by atoms with Gasteiger partial charge in [0.05, 0.1) is 16.5 Å². The average molecular weight is 483 g/mol. The van der Waals surface area contributed by atoms with E-state index in [2.05, 4.69) is 15.1 Å². The molecule has 0 bridgehead atoms. The lowest BCUT2D eigenvalue weighted by Crippen LogP contribution is -2.24. The number of nitrogens with zero attached hydrogens (tertiary/aromatic N) is 4. The smallest absolute Gasteiger partial charge is 0.257 e. The minimum Gasteiger partial charge on any atom is -0.490 e. The number of anilines is 1. The van der Waals surface area contributed by atoms with Crippen molar-refractivity contribution in [1.82, 2.24) is 24.9 Å². The Kier molecular flexibility index (Phi) is 4.99. The van der Waals surface area contributed by atoms with Crippen LogP contribution in [0.5, 0.6) is 11.6 Å². The van der Waals surface area contributed by atoms with Gasteiger partial charge in [-0.3, -0.25) is 4.79 Å². The quantitative estimate of drug-likeness (QED) is 0.395. The molecule has 9 nitrogen and oxygen atoms in total. The Morgan fingerprint density at radius 3 is 2.94 bits per heavy atom. The van der Waals surface area contributed by atoms with Gasteiger partial charge < -0.3 is 20.5 Å². The molecular weight excluding hydrogens is 458 g/mol. The van der Waals surface area contributed by atoms with E-state index in [9.17, 15) is 13.6 Å². The lowest BCUT2D eigenvalue weighted by molar-refractivity contribution is 0.0946. The Bertz CT molecular complexity index is 1560. The molecule has 1 aliphatic carbocycles. The Labute approximate surface area is 203 Å². The number of nitrogens with one attached hydrogen (secondary N) is 1. The molecule has 180 valence electrons. The van der Waals surface area contributed by atoms with Gasteiger partial charge >= 0.3 is 0 Å². The van der Waals surface area contributed by atoms with Crippen LogP contribution in [-0.2, 0) is 6.54 Å². The molecule has 0 atom stereocenters. The number of methoxy groups -OCH3 is 1. The number of ether oxygens (including phenoxy) is 2. The van der Waals surface area contributed by atoms with Crippen molar-refractivity contribution in [1.29, 1.82) is 0 Å². The summed E-state index contributed by atoms with van der Waals surface area (Å²) in [5.74, 6) is -3.10. The van der Waals surface area contributed by atoms with Gasteiger partial charge in [0, 0.05) is 36.1 Å². The number of amides is 1. The average Bonchev–Trinajstić information content (AvgIpc) is 3.61. The number of hydrogen-bond donors (Lipinski definition) is 2. The van der Waals surface area contributed by atoms with Crippen molar-refractivity contribution in [3.05, 3.63) is 65.4 Å². The highest BCUT2D eigenvalue weighted by Crippen LogP contribution is 2.32. The monoisotopic (exact) mass is 483 g/mol. The second-order valence-electron chi connectivity index (χ2n) is 8.05. The van der Waals surface area contributed by atoms with E-state index in [1.54, 1.807) is 6.07 Å². The molecule has 3 heterocycles. The normalized spacial score (nSPS) is 14.3. The van der Waals surface area contributed by atoms with E-state index in [-0.39, 0.29) is 47.4 Å². The zero-order valence-corrected chi connectivity index (χ0v) is 18.6.